The molecule has 0 fully saturated rings. The molecule has 0 radical (unpaired) electrons. The number of para-hydroxylation sites is 2. The summed E-state index contributed by atoms with van der Waals surface area (Å²) in [5.74, 6) is 1.55. The average Bonchev–Trinajstić information content (AvgIpc) is 3.14. The van der Waals surface area contributed by atoms with Crippen LogP contribution in [-0.4, -0.2) is 34.9 Å². The predicted octanol–water partition coefficient (Wildman–Crippen LogP) is 3.85. The molecule has 144 valence electrons. The highest BCUT2D eigenvalue weighted by atomic mass is 32.2. The zero-order valence-electron chi connectivity index (χ0n) is 15.4. The van der Waals surface area contributed by atoms with Crippen LogP contribution in [0.3, 0.4) is 0 Å². The van der Waals surface area contributed by atoms with E-state index in [-0.39, 0.29) is 0 Å². The van der Waals surface area contributed by atoms with Crippen molar-refractivity contribution in [3.63, 3.8) is 0 Å². The Morgan fingerprint density at radius 3 is 3.00 bits per heavy atom. The third kappa shape index (κ3) is 5.34. The van der Waals surface area contributed by atoms with E-state index in [0.29, 0.717) is 11.7 Å². The number of benzene rings is 2. The minimum absolute atomic E-state index is 0.449. The Bertz CT molecular complexity index is 966. The number of nitrogens with zero attached hydrogens (tertiary/aromatic N) is 2. The van der Waals surface area contributed by atoms with Crippen molar-refractivity contribution in [2.75, 3.05) is 13.7 Å². The third-order valence-electron chi connectivity index (χ3n) is 3.82. The second-order valence-corrected chi connectivity index (χ2v) is 7.16. The number of fused-ring (bicyclic) bond motifs is 1. The van der Waals surface area contributed by atoms with E-state index in [9.17, 15) is 0 Å². The van der Waals surface area contributed by atoms with Crippen molar-refractivity contribution >= 4 is 46.3 Å². The molecule has 8 heteroatoms. The Morgan fingerprint density at radius 2 is 2.21 bits per heavy atom. The molecular formula is C20H21N5OS2. The molecule has 28 heavy (non-hydrogen) atoms. The summed E-state index contributed by atoms with van der Waals surface area (Å²) in [6, 6.07) is 13.9. The zero-order valence-corrected chi connectivity index (χ0v) is 17.1. The van der Waals surface area contributed by atoms with E-state index in [2.05, 4.69) is 32.4 Å². The van der Waals surface area contributed by atoms with Gasteiger partial charge in [0.05, 0.1) is 24.4 Å². The minimum atomic E-state index is 0.449. The van der Waals surface area contributed by atoms with Crippen molar-refractivity contribution < 1.29 is 4.74 Å². The zero-order chi connectivity index (χ0) is 19.8. The lowest BCUT2D eigenvalue weighted by atomic mass is 10.1. The maximum Gasteiger partial charge on any atom is 0.187 e. The monoisotopic (exact) mass is 411 g/mol. The van der Waals surface area contributed by atoms with Crippen LogP contribution in [0.1, 0.15) is 11.1 Å². The van der Waals surface area contributed by atoms with Crippen LogP contribution in [0.5, 0.6) is 5.75 Å². The number of aromatic amines is 1. The maximum atomic E-state index is 5.49. The third-order valence-corrected chi connectivity index (χ3v) is 4.98. The predicted molar refractivity (Wildman–Crippen MR) is 120 cm³/mol. The summed E-state index contributed by atoms with van der Waals surface area (Å²) in [7, 11) is 1.67. The molecular weight excluding hydrogens is 390 g/mol. The molecule has 0 aliphatic heterocycles. The number of H-pyrrole nitrogens is 1. The molecule has 3 N–H and O–H groups in total. The van der Waals surface area contributed by atoms with Crippen molar-refractivity contribution in [1.29, 1.82) is 0 Å². The van der Waals surface area contributed by atoms with Crippen molar-refractivity contribution in [1.82, 2.24) is 20.7 Å². The van der Waals surface area contributed by atoms with Gasteiger partial charge in [0, 0.05) is 17.9 Å². The number of nitrogens with one attached hydrogen (secondary N) is 3. The van der Waals surface area contributed by atoms with Crippen LogP contribution in [0.15, 0.2) is 65.4 Å². The lowest BCUT2D eigenvalue weighted by molar-refractivity contribution is 0.411. The standard InChI is InChI=1S/C20H21N5OS2/c1-3-10-21-19(27)25-22-12-14-8-9-18(26-2)15(11-14)13-28-20-23-16-6-4-5-7-17(16)24-20/h3-9,11-12H,1,10,13H2,2H3,(H,23,24)(H2,21,25,27)/b22-12-. The smallest absolute Gasteiger partial charge is 0.187 e. The fourth-order valence-electron chi connectivity index (χ4n) is 2.51. The van der Waals surface area contributed by atoms with E-state index < -0.39 is 0 Å². The van der Waals surface area contributed by atoms with Gasteiger partial charge in [-0.1, -0.05) is 30.0 Å². The fourth-order valence-corrected chi connectivity index (χ4v) is 3.50. The average molecular weight is 412 g/mol. The van der Waals surface area contributed by atoms with Crippen molar-refractivity contribution in [3.05, 3.63) is 66.2 Å². The number of thioether (sulfide) groups is 1. The highest BCUT2D eigenvalue weighted by Crippen LogP contribution is 2.28. The van der Waals surface area contributed by atoms with Gasteiger partial charge in [-0.3, -0.25) is 5.43 Å². The second-order valence-electron chi connectivity index (χ2n) is 5.79. The Kier molecular flexibility index (Phi) is 7.05. The largest absolute Gasteiger partial charge is 0.496 e. The number of imidazole rings is 1. The normalized spacial score (nSPS) is 10.9. The number of hydrogen-bond donors (Lipinski definition) is 3. The Morgan fingerprint density at radius 1 is 1.36 bits per heavy atom. The summed E-state index contributed by atoms with van der Waals surface area (Å²) < 4.78 is 5.49. The SMILES string of the molecule is C=CCNC(=S)N/N=C\c1ccc(OC)c(CSc2nc3ccccc3[nH]2)c1. The number of methoxy groups -OCH3 is 1. The second kappa shape index (κ2) is 9.91. The van der Waals surface area contributed by atoms with Crippen molar-refractivity contribution in [2.45, 2.75) is 10.9 Å². The molecule has 0 atom stereocenters. The Hall–Kier alpha value is -2.84. The summed E-state index contributed by atoms with van der Waals surface area (Å²) >= 11 is 6.73. The van der Waals surface area contributed by atoms with Crippen LogP contribution in [0, 0.1) is 0 Å². The van der Waals surface area contributed by atoms with Gasteiger partial charge < -0.3 is 15.0 Å². The first-order chi connectivity index (χ1) is 13.7. The van der Waals surface area contributed by atoms with E-state index >= 15 is 0 Å². The summed E-state index contributed by atoms with van der Waals surface area (Å²) in [6.07, 6.45) is 3.45. The first-order valence-corrected chi connectivity index (χ1v) is 10.0. The van der Waals surface area contributed by atoms with Crippen molar-refractivity contribution in [3.8, 4) is 5.75 Å². The number of thiocarbonyl (C=S) groups is 1. The molecule has 0 aliphatic rings. The van der Waals surface area contributed by atoms with Gasteiger partial charge in [-0.25, -0.2) is 4.98 Å². The summed E-state index contributed by atoms with van der Waals surface area (Å²) in [6.45, 7) is 4.22. The van der Waals surface area contributed by atoms with E-state index in [1.807, 2.05) is 42.5 Å². The van der Waals surface area contributed by atoms with Crippen LogP contribution in [0.25, 0.3) is 11.0 Å². The topological polar surface area (TPSA) is 74.3 Å². The number of hydrazone groups is 1. The van der Waals surface area contributed by atoms with Gasteiger partial charge in [0.2, 0.25) is 0 Å². The number of aromatic nitrogens is 2. The minimum Gasteiger partial charge on any atom is -0.496 e. The lowest BCUT2D eigenvalue weighted by Crippen LogP contribution is -2.31. The summed E-state index contributed by atoms with van der Waals surface area (Å²) in [5, 5.41) is 8.44. The molecule has 6 nitrogen and oxygen atoms in total. The van der Waals surface area contributed by atoms with E-state index in [4.69, 9.17) is 17.0 Å². The molecule has 0 amide bonds. The first kappa shape index (κ1) is 19.9. The number of ether oxygens (including phenoxy) is 1. The molecule has 0 saturated carbocycles. The van der Waals surface area contributed by atoms with Crippen LogP contribution < -0.4 is 15.5 Å². The molecule has 0 saturated heterocycles. The molecule has 0 spiro atoms. The van der Waals surface area contributed by atoms with Gasteiger partial charge in [0.25, 0.3) is 0 Å². The molecule has 2 aromatic carbocycles. The number of rotatable bonds is 8. The molecule has 0 aliphatic carbocycles. The van der Waals surface area contributed by atoms with E-state index in [1.54, 1.807) is 31.2 Å². The molecule has 3 aromatic rings. The summed E-state index contributed by atoms with van der Waals surface area (Å²) in [4.78, 5) is 7.93. The van der Waals surface area contributed by atoms with E-state index in [1.165, 1.54) is 0 Å². The molecule has 1 heterocycles. The van der Waals surface area contributed by atoms with Crippen LogP contribution >= 0.6 is 24.0 Å². The number of hydrogen-bond acceptors (Lipinski definition) is 5. The first-order valence-electron chi connectivity index (χ1n) is 8.62. The van der Waals surface area contributed by atoms with Crippen LogP contribution in [0.4, 0.5) is 0 Å². The van der Waals surface area contributed by atoms with Gasteiger partial charge >= 0.3 is 0 Å². The Labute approximate surface area is 173 Å². The quantitative estimate of drug-likeness (QED) is 0.172. The maximum absolute atomic E-state index is 5.49. The van der Waals surface area contributed by atoms with E-state index in [0.717, 1.165) is 38.8 Å². The van der Waals surface area contributed by atoms with Gasteiger partial charge in [0.15, 0.2) is 10.3 Å². The van der Waals surface area contributed by atoms with Crippen molar-refractivity contribution in [2.24, 2.45) is 5.10 Å². The van der Waals surface area contributed by atoms with Gasteiger partial charge in [-0.05, 0) is 48.1 Å². The van der Waals surface area contributed by atoms with Gasteiger partial charge in [0.1, 0.15) is 5.75 Å². The highest BCUT2D eigenvalue weighted by molar-refractivity contribution is 7.98. The molecule has 0 bridgehead atoms. The van der Waals surface area contributed by atoms with Gasteiger partial charge in [-0.15, -0.1) is 6.58 Å². The van der Waals surface area contributed by atoms with Gasteiger partial charge in [-0.2, -0.15) is 5.10 Å². The fraction of sp³-hybridized carbons (Fsp3) is 0.150. The summed E-state index contributed by atoms with van der Waals surface area (Å²) in [5.41, 5.74) is 6.78. The Balaban J connectivity index is 1.66. The van der Waals surface area contributed by atoms with Crippen LogP contribution in [0.2, 0.25) is 0 Å². The lowest BCUT2D eigenvalue weighted by Gasteiger charge is -2.09. The van der Waals surface area contributed by atoms with Crippen LogP contribution in [-0.2, 0) is 5.75 Å². The molecule has 0 unspecified atom stereocenters. The molecule has 3 rings (SSSR count). The highest BCUT2D eigenvalue weighted by Gasteiger charge is 2.08. The molecule has 1 aromatic heterocycles.